The molecule has 0 spiro atoms. The average Bonchev–Trinajstić information content (AvgIpc) is 3.17. The summed E-state index contributed by atoms with van der Waals surface area (Å²) in [5.41, 5.74) is -2.06. The van der Waals surface area contributed by atoms with E-state index in [2.05, 4.69) is 25.8 Å². The zero-order valence-corrected chi connectivity index (χ0v) is 18.3. The van der Waals surface area contributed by atoms with E-state index in [1.807, 2.05) is 0 Å². The minimum atomic E-state index is -1.27. The molecule has 2 heterocycles. The van der Waals surface area contributed by atoms with Crippen molar-refractivity contribution in [3.63, 3.8) is 0 Å². The van der Waals surface area contributed by atoms with E-state index in [9.17, 15) is 23.9 Å². The van der Waals surface area contributed by atoms with Crippen molar-refractivity contribution < 1.29 is 29.0 Å². The van der Waals surface area contributed by atoms with Crippen LogP contribution in [0.25, 0.3) is 0 Å². The minimum Gasteiger partial charge on any atom is -0.501 e. The summed E-state index contributed by atoms with van der Waals surface area (Å²) in [7, 11) is 1.34. The first-order valence-corrected chi connectivity index (χ1v) is 9.45. The largest absolute Gasteiger partial charge is 0.501 e. The molecule has 33 heavy (non-hydrogen) atoms. The molecule has 0 aliphatic heterocycles. The van der Waals surface area contributed by atoms with Gasteiger partial charge in [-0.1, -0.05) is 12.1 Å². The molecule has 2 aromatic heterocycles. The molecule has 13 heteroatoms. The number of aryl methyl sites for hydroxylation is 1. The molecular formula is C20H23FN6O6. The smallest absolute Gasteiger partial charge is 0.309 e. The highest BCUT2D eigenvalue weighted by Gasteiger charge is 2.32. The van der Waals surface area contributed by atoms with Crippen molar-refractivity contribution >= 4 is 11.8 Å². The fourth-order valence-electron chi connectivity index (χ4n) is 2.96. The lowest BCUT2D eigenvalue weighted by atomic mass is 10.0. The molecule has 0 saturated carbocycles. The van der Waals surface area contributed by atoms with Gasteiger partial charge in [-0.25, -0.2) is 9.37 Å². The van der Waals surface area contributed by atoms with Crippen LogP contribution in [0.5, 0.6) is 5.75 Å². The number of benzene rings is 1. The molecule has 0 aliphatic rings. The van der Waals surface area contributed by atoms with E-state index in [1.165, 1.54) is 38.2 Å². The van der Waals surface area contributed by atoms with Crippen LogP contribution in [-0.2, 0) is 19.1 Å². The molecule has 0 radical (unpaired) electrons. The Balaban J connectivity index is 0.00000385. The van der Waals surface area contributed by atoms with Gasteiger partial charge in [-0.15, -0.1) is 10.2 Å². The second kappa shape index (κ2) is 9.56. The summed E-state index contributed by atoms with van der Waals surface area (Å²) in [6.45, 7) is 4.64. The zero-order chi connectivity index (χ0) is 23.6. The van der Waals surface area contributed by atoms with Gasteiger partial charge in [-0.2, -0.15) is 0 Å². The van der Waals surface area contributed by atoms with E-state index in [-0.39, 0.29) is 29.6 Å². The molecule has 0 aliphatic carbocycles. The van der Waals surface area contributed by atoms with Gasteiger partial charge < -0.3 is 25.6 Å². The second-order valence-corrected chi connectivity index (χ2v) is 7.51. The molecule has 176 valence electrons. The zero-order valence-electron chi connectivity index (χ0n) is 18.3. The molecule has 1 aromatic carbocycles. The maximum atomic E-state index is 13.0. The Morgan fingerprint density at radius 2 is 1.82 bits per heavy atom. The van der Waals surface area contributed by atoms with Crippen LogP contribution in [0, 0.1) is 12.7 Å². The molecule has 0 unspecified atom stereocenters. The minimum absolute atomic E-state index is 0. The first-order chi connectivity index (χ1) is 15.0. The fourth-order valence-corrected chi connectivity index (χ4v) is 2.96. The highest BCUT2D eigenvalue weighted by molar-refractivity contribution is 5.94. The Hall–Kier alpha value is -4.13. The standard InChI is InChI=1S/C20H21FN6O5.H2O/c1-10-25-26-17(32-10)16(30)24-20(2,3)19-23-13(14(28)18(31)27(19)4)15(29)22-9-11-5-7-12(21)8-6-11;/h5-8,28H,9H2,1-4H3,(H,22,29)(H,24,30);1H2. The fraction of sp³-hybridized carbons (Fsp3) is 0.300. The topological polar surface area (TPSA) is 184 Å². The summed E-state index contributed by atoms with van der Waals surface area (Å²) in [6.07, 6.45) is 0. The average molecular weight is 462 g/mol. The first-order valence-electron chi connectivity index (χ1n) is 9.45. The Kier molecular flexibility index (Phi) is 7.28. The SMILES string of the molecule is Cc1nnc(C(=O)NC(C)(C)c2nc(C(=O)NCc3ccc(F)cc3)c(O)c(=O)n2C)o1.O. The van der Waals surface area contributed by atoms with Crippen molar-refractivity contribution in [2.24, 2.45) is 7.05 Å². The lowest BCUT2D eigenvalue weighted by Gasteiger charge is -2.27. The third-order valence-corrected chi connectivity index (χ3v) is 4.55. The Bertz CT molecular complexity index is 1230. The molecule has 0 saturated heterocycles. The molecular weight excluding hydrogens is 439 g/mol. The molecule has 0 atom stereocenters. The number of carbonyl (C=O) groups excluding carboxylic acids is 2. The van der Waals surface area contributed by atoms with E-state index in [4.69, 9.17) is 4.42 Å². The molecule has 3 rings (SSSR count). The van der Waals surface area contributed by atoms with Gasteiger partial charge in [0.15, 0.2) is 5.69 Å². The highest BCUT2D eigenvalue weighted by Crippen LogP contribution is 2.20. The van der Waals surface area contributed by atoms with E-state index in [0.717, 1.165) is 4.57 Å². The Morgan fingerprint density at radius 3 is 2.39 bits per heavy atom. The number of rotatable bonds is 6. The summed E-state index contributed by atoms with van der Waals surface area (Å²) in [5.74, 6) is -2.88. The highest BCUT2D eigenvalue weighted by atomic mass is 19.1. The van der Waals surface area contributed by atoms with Crippen molar-refractivity contribution in [3.05, 3.63) is 69.3 Å². The number of nitrogens with zero attached hydrogens (tertiary/aromatic N) is 4. The van der Waals surface area contributed by atoms with Gasteiger partial charge in [0, 0.05) is 20.5 Å². The van der Waals surface area contributed by atoms with E-state index in [1.54, 1.807) is 13.8 Å². The van der Waals surface area contributed by atoms with Gasteiger partial charge in [-0.05, 0) is 31.5 Å². The molecule has 2 amide bonds. The maximum Gasteiger partial charge on any atom is 0.309 e. The number of carbonyl (C=O) groups is 2. The summed E-state index contributed by atoms with van der Waals surface area (Å²) in [5, 5.41) is 22.6. The van der Waals surface area contributed by atoms with Crippen molar-refractivity contribution in [2.75, 3.05) is 0 Å². The van der Waals surface area contributed by atoms with Crippen molar-refractivity contribution in [1.29, 1.82) is 0 Å². The van der Waals surface area contributed by atoms with Crippen LogP contribution >= 0.6 is 0 Å². The van der Waals surface area contributed by atoms with Crippen LogP contribution in [0.15, 0.2) is 33.5 Å². The lowest BCUT2D eigenvalue weighted by Crippen LogP contribution is -2.46. The van der Waals surface area contributed by atoms with E-state index in [0.29, 0.717) is 5.56 Å². The van der Waals surface area contributed by atoms with Crippen LogP contribution in [0.4, 0.5) is 4.39 Å². The second-order valence-electron chi connectivity index (χ2n) is 7.51. The monoisotopic (exact) mass is 462 g/mol. The predicted molar refractivity (Wildman–Crippen MR) is 112 cm³/mol. The van der Waals surface area contributed by atoms with Crippen molar-refractivity contribution in [3.8, 4) is 5.75 Å². The van der Waals surface area contributed by atoms with Crippen LogP contribution < -0.4 is 16.2 Å². The van der Waals surface area contributed by atoms with Gasteiger partial charge in [0.25, 0.3) is 11.5 Å². The molecule has 0 fully saturated rings. The third-order valence-electron chi connectivity index (χ3n) is 4.55. The summed E-state index contributed by atoms with van der Waals surface area (Å²) < 4.78 is 19.1. The van der Waals surface area contributed by atoms with Gasteiger partial charge in [0.2, 0.25) is 11.6 Å². The quantitative estimate of drug-likeness (QED) is 0.460. The summed E-state index contributed by atoms with van der Waals surface area (Å²) >= 11 is 0. The summed E-state index contributed by atoms with van der Waals surface area (Å²) in [4.78, 5) is 41.7. The van der Waals surface area contributed by atoms with Gasteiger partial charge in [-0.3, -0.25) is 19.0 Å². The molecule has 5 N–H and O–H groups in total. The van der Waals surface area contributed by atoms with Crippen LogP contribution in [0.2, 0.25) is 0 Å². The van der Waals surface area contributed by atoms with Crippen LogP contribution in [0.1, 0.15) is 52.3 Å². The number of aromatic hydroxyl groups is 1. The maximum absolute atomic E-state index is 13.0. The Labute approximate surface area is 186 Å². The van der Waals surface area contributed by atoms with Crippen LogP contribution in [-0.4, -0.2) is 42.1 Å². The van der Waals surface area contributed by atoms with Gasteiger partial charge >= 0.3 is 11.8 Å². The van der Waals surface area contributed by atoms with Crippen molar-refractivity contribution in [2.45, 2.75) is 32.9 Å². The Morgan fingerprint density at radius 1 is 1.18 bits per heavy atom. The first kappa shape index (κ1) is 25.1. The van der Waals surface area contributed by atoms with Gasteiger partial charge in [0.05, 0.1) is 5.54 Å². The number of amides is 2. The number of hydrogen-bond acceptors (Lipinski definition) is 8. The number of nitrogens with one attached hydrogen (secondary N) is 2. The van der Waals surface area contributed by atoms with E-state index >= 15 is 0 Å². The molecule has 12 nitrogen and oxygen atoms in total. The summed E-state index contributed by atoms with van der Waals surface area (Å²) in [6, 6.07) is 5.44. The number of hydrogen-bond donors (Lipinski definition) is 3. The number of halogens is 1. The molecule has 3 aromatic rings. The van der Waals surface area contributed by atoms with E-state index < -0.39 is 40.2 Å². The van der Waals surface area contributed by atoms with Crippen molar-refractivity contribution in [1.82, 2.24) is 30.4 Å². The third kappa shape index (κ3) is 5.38. The molecule has 0 bridgehead atoms. The normalized spacial score (nSPS) is 10.9. The number of aromatic nitrogens is 4. The lowest BCUT2D eigenvalue weighted by molar-refractivity contribution is 0.0869. The van der Waals surface area contributed by atoms with Gasteiger partial charge in [0.1, 0.15) is 11.6 Å². The van der Waals surface area contributed by atoms with Crippen LogP contribution in [0.3, 0.4) is 0 Å². The predicted octanol–water partition coefficient (Wildman–Crippen LogP) is 0.0868.